The highest BCUT2D eigenvalue weighted by Gasteiger charge is 1.95. The molecule has 2 N–H and O–H groups in total. The number of allylic oxidation sites excluding steroid dienone is 1. The molecule has 0 rings (SSSR count). The van der Waals surface area contributed by atoms with Crippen LogP contribution in [-0.4, -0.2) is 22.8 Å². The Bertz CT molecular complexity index is 176. The predicted octanol–water partition coefficient (Wildman–Crippen LogP) is 2.74. The van der Waals surface area contributed by atoms with Crippen LogP contribution >= 0.6 is 0 Å². The third-order valence-electron chi connectivity index (χ3n) is 2.22. The van der Waals surface area contributed by atoms with Gasteiger partial charge in [-0.3, -0.25) is 4.79 Å². The van der Waals surface area contributed by atoms with Crippen LogP contribution in [0.1, 0.15) is 51.4 Å². The molecule has 0 aromatic heterocycles. The van der Waals surface area contributed by atoms with Crippen molar-refractivity contribution in [2.75, 3.05) is 6.61 Å². The second-order valence-electron chi connectivity index (χ2n) is 3.68. The van der Waals surface area contributed by atoms with Crippen LogP contribution in [0.25, 0.3) is 0 Å². The first kappa shape index (κ1) is 14.2. The molecule has 0 saturated heterocycles. The Balaban J connectivity index is 3.01. The molecule has 0 spiro atoms. The van der Waals surface area contributed by atoms with E-state index in [1.54, 1.807) is 0 Å². The van der Waals surface area contributed by atoms with Gasteiger partial charge >= 0.3 is 5.97 Å². The smallest absolute Gasteiger partial charge is 0.303 e. The molecule has 15 heavy (non-hydrogen) atoms. The first-order valence-corrected chi connectivity index (χ1v) is 5.75. The van der Waals surface area contributed by atoms with Crippen LogP contribution < -0.4 is 0 Å². The number of rotatable bonds is 10. The molecule has 0 unspecified atom stereocenters. The number of unbranched alkanes of at least 4 members (excludes halogenated alkanes) is 5. The number of hydrogen-bond donors (Lipinski definition) is 2. The van der Waals surface area contributed by atoms with E-state index in [-0.39, 0.29) is 6.61 Å². The van der Waals surface area contributed by atoms with Gasteiger partial charge in [0.25, 0.3) is 0 Å². The van der Waals surface area contributed by atoms with E-state index in [0.717, 1.165) is 38.5 Å². The van der Waals surface area contributed by atoms with Gasteiger partial charge in [-0.05, 0) is 25.7 Å². The number of carboxylic acids is 1. The molecule has 0 aliphatic carbocycles. The normalized spacial score (nSPS) is 11.0. The lowest BCUT2D eigenvalue weighted by atomic mass is 10.1. The van der Waals surface area contributed by atoms with Crippen LogP contribution in [0.4, 0.5) is 0 Å². The van der Waals surface area contributed by atoms with Crippen LogP contribution in [-0.2, 0) is 4.79 Å². The number of carbonyl (C=O) groups is 1. The molecule has 0 atom stereocenters. The van der Waals surface area contributed by atoms with Crippen molar-refractivity contribution in [3.63, 3.8) is 0 Å². The molecule has 0 fully saturated rings. The van der Waals surface area contributed by atoms with E-state index < -0.39 is 5.97 Å². The molecular formula is C12H22O3. The molecule has 0 aromatic carbocycles. The first-order chi connectivity index (χ1) is 7.27. The van der Waals surface area contributed by atoms with Crippen molar-refractivity contribution in [1.29, 1.82) is 0 Å². The summed E-state index contributed by atoms with van der Waals surface area (Å²) in [4.78, 5) is 10.2. The van der Waals surface area contributed by atoms with Crippen molar-refractivity contribution in [2.45, 2.75) is 51.4 Å². The summed E-state index contributed by atoms with van der Waals surface area (Å²) in [7, 11) is 0. The second kappa shape index (κ2) is 11.2. The van der Waals surface area contributed by atoms with E-state index in [1.807, 2.05) is 6.08 Å². The molecule has 0 saturated carbocycles. The zero-order chi connectivity index (χ0) is 11.4. The van der Waals surface area contributed by atoms with Gasteiger partial charge < -0.3 is 10.2 Å². The van der Waals surface area contributed by atoms with E-state index >= 15 is 0 Å². The van der Waals surface area contributed by atoms with Gasteiger partial charge in [-0.1, -0.05) is 31.4 Å². The summed E-state index contributed by atoms with van der Waals surface area (Å²) in [6, 6.07) is 0. The average molecular weight is 214 g/mol. The van der Waals surface area contributed by atoms with Gasteiger partial charge in [-0.25, -0.2) is 0 Å². The van der Waals surface area contributed by atoms with Crippen LogP contribution in [0.15, 0.2) is 12.2 Å². The lowest BCUT2D eigenvalue weighted by Crippen LogP contribution is -1.93. The molecule has 0 aromatic rings. The van der Waals surface area contributed by atoms with E-state index in [1.165, 1.54) is 6.42 Å². The Kier molecular flexibility index (Phi) is 10.6. The van der Waals surface area contributed by atoms with Crippen molar-refractivity contribution in [2.24, 2.45) is 0 Å². The minimum atomic E-state index is -0.693. The molecule has 0 aliphatic rings. The number of hydrogen-bond acceptors (Lipinski definition) is 2. The SMILES string of the molecule is O=C(O)CCCCCCCC=CCCO. The fourth-order valence-electron chi connectivity index (χ4n) is 1.38. The maximum absolute atomic E-state index is 10.2. The Morgan fingerprint density at radius 3 is 2.20 bits per heavy atom. The highest BCUT2D eigenvalue weighted by Crippen LogP contribution is 2.07. The number of aliphatic hydroxyl groups is 1. The maximum Gasteiger partial charge on any atom is 0.303 e. The lowest BCUT2D eigenvalue weighted by molar-refractivity contribution is -0.137. The molecule has 88 valence electrons. The quantitative estimate of drug-likeness (QED) is 0.434. The van der Waals surface area contributed by atoms with Gasteiger partial charge in [0.05, 0.1) is 0 Å². The molecule has 3 heteroatoms. The van der Waals surface area contributed by atoms with E-state index in [9.17, 15) is 4.79 Å². The Labute approximate surface area is 91.8 Å². The van der Waals surface area contributed by atoms with Crippen molar-refractivity contribution >= 4 is 5.97 Å². The first-order valence-electron chi connectivity index (χ1n) is 5.75. The summed E-state index contributed by atoms with van der Waals surface area (Å²) in [6.07, 6.45) is 11.5. The van der Waals surface area contributed by atoms with Gasteiger partial charge in [-0.2, -0.15) is 0 Å². The van der Waals surface area contributed by atoms with E-state index in [4.69, 9.17) is 10.2 Å². The number of carboxylic acid groups (broad SMARTS) is 1. The Hall–Kier alpha value is -0.830. The zero-order valence-corrected chi connectivity index (χ0v) is 9.32. The van der Waals surface area contributed by atoms with E-state index in [0.29, 0.717) is 6.42 Å². The summed E-state index contributed by atoms with van der Waals surface area (Å²) < 4.78 is 0. The summed E-state index contributed by atoms with van der Waals surface area (Å²) >= 11 is 0. The highest BCUT2D eigenvalue weighted by molar-refractivity contribution is 5.66. The number of aliphatic hydroxyl groups excluding tert-OH is 1. The van der Waals surface area contributed by atoms with Crippen molar-refractivity contribution in [1.82, 2.24) is 0 Å². The summed E-state index contributed by atoms with van der Waals surface area (Å²) in [5.41, 5.74) is 0. The largest absolute Gasteiger partial charge is 0.481 e. The summed E-state index contributed by atoms with van der Waals surface area (Å²) in [6.45, 7) is 0.228. The summed E-state index contributed by atoms with van der Waals surface area (Å²) in [5.74, 6) is -0.693. The Morgan fingerprint density at radius 1 is 0.933 bits per heavy atom. The fraction of sp³-hybridized carbons (Fsp3) is 0.750. The van der Waals surface area contributed by atoms with Crippen LogP contribution in [0.2, 0.25) is 0 Å². The third-order valence-corrected chi connectivity index (χ3v) is 2.22. The van der Waals surface area contributed by atoms with Crippen LogP contribution in [0.5, 0.6) is 0 Å². The minimum Gasteiger partial charge on any atom is -0.481 e. The van der Waals surface area contributed by atoms with Gasteiger partial charge in [0, 0.05) is 13.0 Å². The molecule has 0 amide bonds. The molecule has 0 heterocycles. The monoisotopic (exact) mass is 214 g/mol. The Morgan fingerprint density at radius 2 is 1.53 bits per heavy atom. The molecule has 3 nitrogen and oxygen atoms in total. The fourth-order valence-corrected chi connectivity index (χ4v) is 1.38. The standard InChI is InChI=1S/C12H22O3/c13-11-9-7-5-3-1-2-4-6-8-10-12(14)15/h5,7,13H,1-4,6,8-11H2,(H,14,15). The van der Waals surface area contributed by atoms with Gasteiger partial charge in [-0.15, -0.1) is 0 Å². The van der Waals surface area contributed by atoms with E-state index in [2.05, 4.69) is 6.08 Å². The lowest BCUT2D eigenvalue weighted by Gasteiger charge is -1.98. The van der Waals surface area contributed by atoms with Gasteiger partial charge in [0.15, 0.2) is 0 Å². The van der Waals surface area contributed by atoms with Crippen LogP contribution in [0, 0.1) is 0 Å². The number of aliphatic carboxylic acids is 1. The second-order valence-corrected chi connectivity index (χ2v) is 3.68. The maximum atomic E-state index is 10.2. The van der Waals surface area contributed by atoms with Crippen molar-refractivity contribution < 1.29 is 15.0 Å². The van der Waals surface area contributed by atoms with Gasteiger partial charge in [0.1, 0.15) is 0 Å². The zero-order valence-electron chi connectivity index (χ0n) is 9.32. The van der Waals surface area contributed by atoms with Crippen molar-refractivity contribution in [3.8, 4) is 0 Å². The molecule has 0 aliphatic heterocycles. The minimum absolute atomic E-state index is 0.228. The molecule has 0 radical (unpaired) electrons. The third kappa shape index (κ3) is 13.2. The van der Waals surface area contributed by atoms with Gasteiger partial charge in [0.2, 0.25) is 0 Å². The van der Waals surface area contributed by atoms with Crippen molar-refractivity contribution in [3.05, 3.63) is 12.2 Å². The molecule has 0 bridgehead atoms. The topological polar surface area (TPSA) is 57.5 Å². The highest BCUT2D eigenvalue weighted by atomic mass is 16.4. The average Bonchev–Trinajstić information content (AvgIpc) is 2.20. The van der Waals surface area contributed by atoms with Crippen LogP contribution in [0.3, 0.4) is 0 Å². The summed E-state index contributed by atoms with van der Waals surface area (Å²) in [5, 5.41) is 16.9. The molecular weight excluding hydrogens is 192 g/mol. The predicted molar refractivity (Wildman–Crippen MR) is 60.8 cm³/mol.